The number of nitrogen functional groups attached to an aromatic ring is 1. The van der Waals surface area contributed by atoms with Gasteiger partial charge in [-0.3, -0.25) is 0 Å². The number of aliphatic carboxylic acids is 1. The number of rotatable bonds is 3. The van der Waals surface area contributed by atoms with Crippen LogP contribution in [0.15, 0.2) is 54.6 Å². The van der Waals surface area contributed by atoms with Gasteiger partial charge in [-0.05, 0) is 17.7 Å². The van der Waals surface area contributed by atoms with Gasteiger partial charge in [-0.2, -0.15) is 0 Å². The fourth-order valence-electron chi connectivity index (χ4n) is 1.86. The van der Waals surface area contributed by atoms with Crippen molar-refractivity contribution in [3.63, 3.8) is 0 Å². The van der Waals surface area contributed by atoms with Crippen LogP contribution in [-0.4, -0.2) is 16.2 Å². The minimum absolute atomic E-state index is 0. The maximum absolute atomic E-state index is 11.4. The minimum Gasteiger partial charge on any atom is -0.479 e. The van der Waals surface area contributed by atoms with E-state index in [-0.39, 0.29) is 30.4 Å². The summed E-state index contributed by atoms with van der Waals surface area (Å²) in [5, 5.41) is 19.8. The number of aliphatic hydroxyl groups is 1. The van der Waals surface area contributed by atoms with Crippen molar-refractivity contribution in [2.75, 3.05) is 5.73 Å². The van der Waals surface area contributed by atoms with E-state index in [0.29, 0.717) is 11.3 Å². The summed E-state index contributed by atoms with van der Waals surface area (Å²) in [5.41, 5.74) is 4.48. The van der Waals surface area contributed by atoms with Crippen molar-refractivity contribution in [2.24, 2.45) is 0 Å². The Morgan fingerprint density at radius 2 is 1.50 bits per heavy atom. The van der Waals surface area contributed by atoms with Crippen LogP contribution < -0.4 is 5.73 Å². The normalized spacial score (nSPS) is 12.4. The topological polar surface area (TPSA) is 83.5 Å². The molecule has 4 nitrogen and oxygen atoms in total. The van der Waals surface area contributed by atoms with Crippen LogP contribution in [-0.2, 0) is 10.4 Å². The second-order valence-electron chi connectivity index (χ2n) is 4.01. The zero-order chi connectivity index (χ0) is 13.2. The zero-order valence-corrected chi connectivity index (χ0v) is 12.0. The van der Waals surface area contributed by atoms with Crippen molar-refractivity contribution >= 4 is 36.5 Å². The van der Waals surface area contributed by atoms with Crippen molar-refractivity contribution in [3.05, 3.63) is 65.7 Å². The molecule has 2 rings (SSSR count). The van der Waals surface area contributed by atoms with Gasteiger partial charge >= 0.3 is 5.97 Å². The first kappa shape index (κ1) is 18.2. The van der Waals surface area contributed by atoms with Crippen molar-refractivity contribution < 1.29 is 15.0 Å². The number of carboxylic acids is 1. The summed E-state index contributed by atoms with van der Waals surface area (Å²) >= 11 is 0. The predicted octanol–water partition coefficient (Wildman–Crippen LogP) is 2.43. The number of nitrogens with two attached hydrogens (primary N) is 1. The third-order valence-corrected chi connectivity index (χ3v) is 2.81. The van der Waals surface area contributed by atoms with Crippen LogP contribution in [0.4, 0.5) is 5.69 Å². The number of anilines is 1. The van der Waals surface area contributed by atoms with Crippen molar-refractivity contribution in [3.8, 4) is 0 Å². The number of hydrogen-bond donors (Lipinski definition) is 3. The smallest absolute Gasteiger partial charge is 0.345 e. The monoisotopic (exact) mass is 315 g/mol. The fraction of sp³-hybridized carbons (Fsp3) is 0.0714. The van der Waals surface area contributed by atoms with Gasteiger partial charge in [-0.15, -0.1) is 24.8 Å². The highest BCUT2D eigenvalue weighted by Gasteiger charge is 2.40. The maximum atomic E-state index is 11.4. The van der Waals surface area contributed by atoms with E-state index in [4.69, 9.17) is 5.73 Å². The van der Waals surface area contributed by atoms with E-state index in [1.807, 2.05) is 0 Å². The summed E-state index contributed by atoms with van der Waals surface area (Å²) in [6.07, 6.45) is 0. The third kappa shape index (κ3) is 3.22. The van der Waals surface area contributed by atoms with Gasteiger partial charge in [0, 0.05) is 11.3 Å². The number of benzene rings is 2. The molecule has 1 atom stereocenters. The molecule has 4 N–H and O–H groups in total. The highest BCUT2D eigenvalue weighted by molar-refractivity contribution is 5.85. The molecular weight excluding hydrogens is 301 g/mol. The van der Waals surface area contributed by atoms with E-state index in [2.05, 4.69) is 0 Å². The van der Waals surface area contributed by atoms with E-state index >= 15 is 0 Å². The Kier molecular flexibility index (Phi) is 6.52. The molecule has 1 unspecified atom stereocenters. The lowest BCUT2D eigenvalue weighted by atomic mass is 9.86. The second-order valence-corrected chi connectivity index (χ2v) is 4.01. The van der Waals surface area contributed by atoms with Crippen molar-refractivity contribution in [1.29, 1.82) is 0 Å². The third-order valence-electron chi connectivity index (χ3n) is 2.81. The van der Waals surface area contributed by atoms with E-state index in [0.717, 1.165) is 0 Å². The second kappa shape index (κ2) is 7.14. The largest absolute Gasteiger partial charge is 0.479 e. The molecule has 0 bridgehead atoms. The molecule has 108 valence electrons. The highest BCUT2D eigenvalue weighted by atomic mass is 35.5. The molecule has 0 aliphatic rings. The molecule has 0 aliphatic heterocycles. The number of halogens is 2. The molecule has 0 aliphatic carbocycles. The molecule has 2 aromatic carbocycles. The van der Waals surface area contributed by atoms with Crippen LogP contribution in [0.25, 0.3) is 0 Å². The first-order valence-electron chi connectivity index (χ1n) is 5.42. The van der Waals surface area contributed by atoms with Gasteiger partial charge in [0.2, 0.25) is 5.60 Å². The zero-order valence-electron chi connectivity index (χ0n) is 10.4. The highest BCUT2D eigenvalue weighted by Crippen LogP contribution is 2.30. The molecule has 0 radical (unpaired) electrons. The van der Waals surface area contributed by atoms with Crippen molar-refractivity contribution in [2.45, 2.75) is 5.60 Å². The number of carboxylic acid groups (broad SMARTS) is 1. The summed E-state index contributed by atoms with van der Waals surface area (Å²) in [5.74, 6) is -1.33. The minimum atomic E-state index is -2.09. The van der Waals surface area contributed by atoms with Crippen LogP contribution in [0.5, 0.6) is 0 Å². The molecule has 0 fully saturated rings. The summed E-state index contributed by atoms with van der Waals surface area (Å²) in [6.45, 7) is 0. The molecule has 20 heavy (non-hydrogen) atoms. The van der Waals surface area contributed by atoms with Gasteiger partial charge < -0.3 is 15.9 Å². The Hall–Kier alpha value is -1.75. The molecule has 6 heteroatoms. The molecule has 0 spiro atoms. The predicted molar refractivity (Wildman–Crippen MR) is 82.4 cm³/mol. The Bertz CT molecular complexity index is 578. The Morgan fingerprint density at radius 3 is 2.00 bits per heavy atom. The number of carbonyl (C=O) groups is 1. The summed E-state index contributed by atoms with van der Waals surface area (Å²) in [6, 6.07) is 14.5. The van der Waals surface area contributed by atoms with Gasteiger partial charge in [0.25, 0.3) is 0 Å². The number of hydrogen-bond acceptors (Lipinski definition) is 3. The Balaban J connectivity index is 0.00000180. The maximum Gasteiger partial charge on any atom is 0.345 e. The van der Waals surface area contributed by atoms with Crippen molar-refractivity contribution in [1.82, 2.24) is 0 Å². The van der Waals surface area contributed by atoms with E-state index in [9.17, 15) is 15.0 Å². The molecular formula is C14H15Cl2NO3. The van der Waals surface area contributed by atoms with Crippen LogP contribution in [0.1, 0.15) is 11.1 Å². The quantitative estimate of drug-likeness (QED) is 0.760. The van der Waals surface area contributed by atoms with Crippen LogP contribution in [0.2, 0.25) is 0 Å². The fourth-order valence-corrected chi connectivity index (χ4v) is 1.86. The lowest BCUT2D eigenvalue weighted by Gasteiger charge is -2.24. The first-order chi connectivity index (χ1) is 8.55. The standard InChI is InChI=1S/C14H13NO3.2ClH/c15-12-8-4-7-11(9-12)14(18,13(16)17)10-5-2-1-3-6-10;;/h1-9,18H,15H2,(H,16,17);2*1H. The van der Waals surface area contributed by atoms with Gasteiger partial charge in [0.15, 0.2) is 0 Å². The molecule has 0 saturated carbocycles. The lowest BCUT2D eigenvalue weighted by Crippen LogP contribution is -2.36. The van der Waals surface area contributed by atoms with E-state index in [1.54, 1.807) is 42.5 Å². The summed E-state index contributed by atoms with van der Waals surface area (Å²) < 4.78 is 0. The van der Waals surface area contributed by atoms with Crippen LogP contribution in [0.3, 0.4) is 0 Å². The summed E-state index contributed by atoms with van der Waals surface area (Å²) in [4.78, 5) is 11.4. The average Bonchev–Trinajstić information content (AvgIpc) is 2.38. The van der Waals surface area contributed by atoms with Gasteiger partial charge in [0.1, 0.15) is 0 Å². The SMILES string of the molecule is Cl.Cl.Nc1cccc(C(O)(C(=O)O)c2ccccc2)c1. The molecule has 2 aromatic rings. The van der Waals surface area contributed by atoms with Gasteiger partial charge in [-0.25, -0.2) is 4.79 Å². The Morgan fingerprint density at radius 1 is 0.950 bits per heavy atom. The van der Waals surface area contributed by atoms with Gasteiger partial charge in [0.05, 0.1) is 0 Å². The van der Waals surface area contributed by atoms with E-state index in [1.165, 1.54) is 12.1 Å². The van der Waals surface area contributed by atoms with Crippen LogP contribution in [0, 0.1) is 0 Å². The lowest BCUT2D eigenvalue weighted by molar-refractivity contribution is -0.155. The summed E-state index contributed by atoms with van der Waals surface area (Å²) in [7, 11) is 0. The van der Waals surface area contributed by atoms with Crippen LogP contribution >= 0.6 is 24.8 Å². The first-order valence-corrected chi connectivity index (χ1v) is 5.42. The molecule has 0 amide bonds. The molecule has 0 saturated heterocycles. The Labute approximate surface area is 129 Å². The average molecular weight is 316 g/mol. The van der Waals surface area contributed by atoms with E-state index < -0.39 is 11.6 Å². The molecule has 0 aromatic heterocycles. The van der Waals surface area contributed by atoms with Gasteiger partial charge in [-0.1, -0.05) is 42.5 Å². The molecule has 0 heterocycles.